The Labute approximate surface area is 93.1 Å². The van der Waals surface area contributed by atoms with Gasteiger partial charge in [-0.1, -0.05) is 18.2 Å². The van der Waals surface area contributed by atoms with Crippen molar-refractivity contribution in [2.45, 2.75) is 19.4 Å². The second kappa shape index (κ2) is 3.98. The minimum Gasteiger partial charge on any atom is -0.480 e. The van der Waals surface area contributed by atoms with Crippen LogP contribution in [0.1, 0.15) is 11.3 Å². The van der Waals surface area contributed by atoms with Gasteiger partial charge in [0.1, 0.15) is 6.04 Å². The van der Waals surface area contributed by atoms with Crippen LogP contribution >= 0.6 is 0 Å². The van der Waals surface area contributed by atoms with Crippen molar-refractivity contribution in [2.75, 3.05) is 0 Å². The van der Waals surface area contributed by atoms with Gasteiger partial charge in [-0.25, -0.2) is 0 Å². The minimum absolute atomic E-state index is 0.352. The molecule has 2 rings (SSSR count). The van der Waals surface area contributed by atoms with Crippen molar-refractivity contribution in [3.63, 3.8) is 0 Å². The zero-order chi connectivity index (χ0) is 11.7. The van der Waals surface area contributed by atoms with Crippen LogP contribution in [0.15, 0.2) is 24.3 Å². The fourth-order valence-electron chi connectivity index (χ4n) is 1.90. The monoisotopic (exact) mass is 218 g/mol. The summed E-state index contributed by atoms with van der Waals surface area (Å²) < 4.78 is 0. The van der Waals surface area contributed by atoms with Crippen LogP contribution in [-0.2, 0) is 11.2 Å². The predicted molar refractivity (Wildman–Crippen MR) is 62.4 cm³/mol. The van der Waals surface area contributed by atoms with E-state index in [-0.39, 0.29) is 0 Å². The second-order valence-electron chi connectivity index (χ2n) is 3.92. The SMILES string of the molecule is Cc1[nH]c2ccccc2c1CC(N)C(=O)O. The highest BCUT2D eigenvalue weighted by Gasteiger charge is 2.16. The van der Waals surface area contributed by atoms with E-state index in [1.807, 2.05) is 31.2 Å². The van der Waals surface area contributed by atoms with E-state index in [0.717, 1.165) is 22.2 Å². The summed E-state index contributed by atoms with van der Waals surface area (Å²) in [7, 11) is 0. The highest BCUT2D eigenvalue weighted by molar-refractivity contribution is 5.85. The first kappa shape index (κ1) is 10.7. The van der Waals surface area contributed by atoms with Gasteiger partial charge in [0, 0.05) is 23.0 Å². The lowest BCUT2D eigenvalue weighted by molar-refractivity contribution is -0.138. The van der Waals surface area contributed by atoms with Crippen LogP contribution in [0.4, 0.5) is 0 Å². The van der Waals surface area contributed by atoms with Crippen molar-refractivity contribution in [1.82, 2.24) is 4.98 Å². The van der Waals surface area contributed by atoms with Crippen molar-refractivity contribution in [3.8, 4) is 0 Å². The van der Waals surface area contributed by atoms with Gasteiger partial charge >= 0.3 is 5.97 Å². The Kier molecular flexibility index (Phi) is 2.66. The fourth-order valence-corrected chi connectivity index (χ4v) is 1.90. The molecule has 4 nitrogen and oxygen atoms in total. The number of para-hydroxylation sites is 1. The summed E-state index contributed by atoms with van der Waals surface area (Å²) in [6.07, 6.45) is 0.352. The maximum absolute atomic E-state index is 10.7. The number of fused-ring (bicyclic) bond motifs is 1. The largest absolute Gasteiger partial charge is 0.480 e. The molecule has 1 aromatic carbocycles. The summed E-state index contributed by atoms with van der Waals surface area (Å²) in [5, 5.41) is 9.86. The molecule has 84 valence electrons. The molecule has 0 aliphatic carbocycles. The maximum Gasteiger partial charge on any atom is 0.320 e. The van der Waals surface area contributed by atoms with E-state index in [2.05, 4.69) is 4.98 Å². The number of aromatic nitrogens is 1. The summed E-state index contributed by atoms with van der Waals surface area (Å²) in [5.74, 6) is -0.968. The number of aryl methyl sites for hydroxylation is 1. The Bertz CT molecular complexity index is 531. The smallest absolute Gasteiger partial charge is 0.320 e. The van der Waals surface area contributed by atoms with Gasteiger partial charge in [0.25, 0.3) is 0 Å². The topological polar surface area (TPSA) is 79.1 Å². The minimum atomic E-state index is -0.968. The number of H-pyrrole nitrogens is 1. The van der Waals surface area contributed by atoms with Crippen LogP contribution in [-0.4, -0.2) is 22.1 Å². The molecule has 16 heavy (non-hydrogen) atoms. The van der Waals surface area contributed by atoms with Crippen molar-refractivity contribution >= 4 is 16.9 Å². The Morgan fingerprint density at radius 3 is 2.88 bits per heavy atom. The first-order valence-corrected chi connectivity index (χ1v) is 5.14. The molecule has 1 unspecified atom stereocenters. The van der Waals surface area contributed by atoms with Gasteiger partial charge < -0.3 is 15.8 Å². The zero-order valence-electron chi connectivity index (χ0n) is 9.03. The Balaban J connectivity index is 2.43. The third-order valence-corrected chi connectivity index (χ3v) is 2.77. The summed E-state index contributed by atoms with van der Waals surface area (Å²) >= 11 is 0. The molecule has 2 aromatic rings. The molecule has 0 fully saturated rings. The standard InChI is InChI=1S/C12H14N2O2/c1-7-9(6-10(13)12(15)16)8-4-2-3-5-11(8)14-7/h2-5,10,14H,6,13H2,1H3,(H,15,16). The molecule has 1 atom stereocenters. The third-order valence-electron chi connectivity index (χ3n) is 2.77. The van der Waals surface area contributed by atoms with Crippen molar-refractivity contribution in [1.29, 1.82) is 0 Å². The van der Waals surface area contributed by atoms with Crippen molar-refractivity contribution < 1.29 is 9.90 Å². The number of carboxylic acids is 1. The molecular formula is C12H14N2O2. The van der Waals surface area contributed by atoms with Crippen molar-refractivity contribution in [3.05, 3.63) is 35.5 Å². The number of carboxylic acid groups (broad SMARTS) is 1. The summed E-state index contributed by atoms with van der Waals surface area (Å²) in [6, 6.07) is 6.98. The number of carbonyl (C=O) groups is 1. The maximum atomic E-state index is 10.7. The lowest BCUT2D eigenvalue weighted by Crippen LogP contribution is -2.32. The summed E-state index contributed by atoms with van der Waals surface area (Å²) in [6.45, 7) is 1.93. The van der Waals surface area contributed by atoms with E-state index in [0.29, 0.717) is 6.42 Å². The quantitative estimate of drug-likeness (QED) is 0.729. The molecule has 1 heterocycles. The fraction of sp³-hybridized carbons (Fsp3) is 0.250. The highest BCUT2D eigenvalue weighted by Crippen LogP contribution is 2.22. The third kappa shape index (κ3) is 1.79. The summed E-state index contributed by atoms with van der Waals surface area (Å²) in [4.78, 5) is 14.0. The van der Waals surface area contributed by atoms with Crippen LogP contribution in [0.2, 0.25) is 0 Å². The molecule has 4 heteroatoms. The molecule has 0 aliphatic rings. The number of hydrogen-bond acceptors (Lipinski definition) is 2. The number of rotatable bonds is 3. The average Bonchev–Trinajstić information content (AvgIpc) is 2.55. The lowest BCUT2D eigenvalue weighted by Gasteiger charge is -2.06. The van der Waals surface area contributed by atoms with Crippen LogP contribution < -0.4 is 5.73 Å². The van der Waals surface area contributed by atoms with Gasteiger partial charge in [-0.2, -0.15) is 0 Å². The first-order chi connectivity index (χ1) is 7.59. The number of aliphatic carboxylic acids is 1. The van der Waals surface area contributed by atoms with Crippen molar-refractivity contribution in [2.24, 2.45) is 5.73 Å². The van der Waals surface area contributed by atoms with Gasteiger partial charge in [-0.05, 0) is 18.6 Å². The molecule has 0 bridgehead atoms. The zero-order valence-corrected chi connectivity index (χ0v) is 9.03. The lowest BCUT2D eigenvalue weighted by atomic mass is 10.0. The molecule has 0 amide bonds. The van der Waals surface area contributed by atoms with E-state index in [4.69, 9.17) is 10.8 Å². The van der Waals surface area contributed by atoms with E-state index in [1.165, 1.54) is 0 Å². The van der Waals surface area contributed by atoms with E-state index in [9.17, 15) is 4.79 Å². The molecule has 1 aromatic heterocycles. The van der Waals surface area contributed by atoms with E-state index >= 15 is 0 Å². The normalized spacial score (nSPS) is 12.9. The number of hydrogen-bond donors (Lipinski definition) is 3. The second-order valence-corrected chi connectivity index (χ2v) is 3.92. The van der Waals surface area contributed by atoms with Crippen LogP contribution in [0, 0.1) is 6.92 Å². The molecule has 0 radical (unpaired) electrons. The Morgan fingerprint density at radius 1 is 1.50 bits per heavy atom. The summed E-state index contributed by atoms with van der Waals surface area (Å²) in [5.41, 5.74) is 8.55. The van der Waals surface area contributed by atoms with Gasteiger partial charge in [0.15, 0.2) is 0 Å². The number of benzene rings is 1. The van der Waals surface area contributed by atoms with E-state index in [1.54, 1.807) is 0 Å². The molecule has 0 aliphatic heterocycles. The number of nitrogens with one attached hydrogen (secondary N) is 1. The number of nitrogens with two attached hydrogens (primary N) is 1. The highest BCUT2D eigenvalue weighted by atomic mass is 16.4. The molecular weight excluding hydrogens is 204 g/mol. The molecule has 4 N–H and O–H groups in total. The predicted octanol–water partition coefficient (Wildman–Crippen LogP) is 1.43. The van der Waals surface area contributed by atoms with Gasteiger partial charge in [0.2, 0.25) is 0 Å². The van der Waals surface area contributed by atoms with Crippen LogP contribution in [0.25, 0.3) is 10.9 Å². The Morgan fingerprint density at radius 2 is 2.19 bits per heavy atom. The molecule has 0 spiro atoms. The molecule has 0 saturated heterocycles. The van der Waals surface area contributed by atoms with Gasteiger partial charge in [0.05, 0.1) is 0 Å². The van der Waals surface area contributed by atoms with Gasteiger partial charge in [-0.3, -0.25) is 4.79 Å². The average molecular weight is 218 g/mol. The van der Waals surface area contributed by atoms with Crippen LogP contribution in [0.5, 0.6) is 0 Å². The Hall–Kier alpha value is -1.81. The van der Waals surface area contributed by atoms with Gasteiger partial charge in [-0.15, -0.1) is 0 Å². The number of aromatic amines is 1. The van der Waals surface area contributed by atoms with Crippen LogP contribution in [0.3, 0.4) is 0 Å². The first-order valence-electron chi connectivity index (χ1n) is 5.14. The van der Waals surface area contributed by atoms with E-state index < -0.39 is 12.0 Å². The molecule has 0 saturated carbocycles.